The van der Waals surface area contributed by atoms with Crippen molar-refractivity contribution >= 4 is 6.29 Å². The van der Waals surface area contributed by atoms with Crippen LogP contribution in [-0.4, -0.2) is 12.4 Å². The molecule has 20 heavy (non-hydrogen) atoms. The number of alkyl halides is 2. The Hall–Kier alpha value is -1.59. The third-order valence-corrected chi connectivity index (χ3v) is 3.58. The molecular weight excluding hydrogens is 276 g/mol. The first-order valence-electron chi connectivity index (χ1n) is 6.39. The number of rotatable bonds is 4. The first-order valence-corrected chi connectivity index (χ1v) is 6.39. The van der Waals surface area contributed by atoms with Crippen LogP contribution in [-0.2, 0) is 4.79 Å². The van der Waals surface area contributed by atoms with E-state index >= 15 is 0 Å². The van der Waals surface area contributed by atoms with E-state index in [1.165, 1.54) is 0 Å². The zero-order valence-corrected chi connectivity index (χ0v) is 10.6. The molecule has 1 aliphatic carbocycles. The van der Waals surface area contributed by atoms with E-state index in [0.29, 0.717) is 18.9 Å². The number of carbonyl (C=O) groups is 1. The fraction of sp³-hybridized carbons (Fsp3) is 0.500. The van der Waals surface area contributed by atoms with Crippen molar-refractivity contribution in [2.75, 3.05) is 0 Å². The molecule has 0 aromatic heterocycles. The van der Waals surface area contributed by atoms with Crippen molar-refractivity contribution in [2.45, 2.75) is 31.8 Å². The molecule has 0 amide bonds. The maximum Gasteiger partial charge on any atom is 0.400 e. The van der Waals surface area contributed by atoms with E-state index in [0.717, 1.165) is 18.4 Å². The summed E-state index contributed by atoms with van der Waals surface area (Å²) in [7, 11) is 0. The summed E-state index contributed by atoms with van der Waals surface area (Å²) in [4.78, 5) is 10.6. The summed E-state index contributed by atoms with van der Waals surface area (Å²) in [5.41, 5.74) is 0. The fourth-order valence-corrected chi connectivity index (χ4v) is 2.37. The highest BCUT2D eigenvalue weighted by Gasteiger charge is 2.44. The van der Waals surface area contributed by atoms with Gasteiger partial charge < -0.3 is 9.53 Å². The molecule has 1 aliphatic rings. The van der Waals surface area contributed by atoms with Crippen LogP contribution >= 0.6 is 0 Å². The van der Waals surface area contributed by atoms with Crippen molar-refractivity contribution in [1.82, 2.24) is 0 Å². The molecule has 0 N–H and O–H groups in total. The first-order chi connectivity index (χ1) is 9.42. The third-order valence-electron chi connectivity index (χ3n) is 3.58. The van der Waals surface area contributed by atoms with Gasteiger partial charge in [-0.1, -0.05) is 0 Å². The van der Waals surface area contributed by atoms with Crippen molar-refractivity contribution < 1.29 is 27.1 Å². The van der Waals surface area contributed by atoms with Crippen LogP contribution in [0, 0.1) is 23.5 Å². The molecule has 1 fully saturated rings. The molecule has 6 heteroatoms. The van der Waals surface area contributed by atoms with Gasteiger partial charge in [0, 0.05) is 12.0 Å². The minimum absolute atomic E-state index is 0.167. The highest BCUT2D eigenvalue weighted by atomic mass is 19.3. The van der Waals surface area contributed by atoms with Crippen LogP contribution in [0.5, 0.6) is 5.75 Å². The molecule has 0 radical (unpaired) electrons. The molecule has 1 aromatic rings. The minimum atomic E-state index is -3.46. The van der Waals surface area contributed by atoms with E-state index in [1.54, 1.807) is 0 Å². The van der Waals surface area contributed by atoms with Crippen LogP contribution in [0.15, 0.2) is 18.2 Å². The van der Waals surface area contributed by atoms with Gasteiger partial charge in [-0.05, 0) is 37.8 Å². The average molecular weight is 290 g/mol. The SMILES string of the molecule is O=CC1CCC(C(F)(F)Oc2ccc(F)c(F)c2)CC1. The smallest absolute Gasteiger partial charge is 0.400 e. The lowest BCUT2D eigenvalue weighted by molar-refractivity contribution is -0.223. The van der Waals surface area contributed by atoms with Crippen molar-refractivity contribution in [2.24, 2.45) is 11.8 Å². The topological polar surface area (TPSA) is 26.3 Å². The summed E-state index contributed by atoms with van der Waals surface area (Å²) in [5, 5.41) is 0. The Morgan fingerprint density at radius 3 is 2.30 bits per heavy atom. The quantitative estimate of drug-likeness (QED) is 0.620. The van der Waals surface area contributed by atoms with Crippen LogP contribution in [0.1, 0.15) is 25.7 Å². The van der Waals surface area contributed by atoms with Gasteiger partial charge in [0.2, 0.25) is 0 Å². The molecule has 0 spiro atoms. The number of ether oxygens (including phenoxy) is 1. The Balaban J connectivity index is 2.03. The molecular formula is C14H14F4O2. The van der Waals surface area contributed by atoms with Crippen molar-refractivity contribution in [3.63, 3.8) is 0 Å². The summed E-state index contributed by atoms with van der Waals surface area (Å²) in [6, 6.07) is 2.30. The molecule has 110 valence electrons. The standard InChI is InChI=1S/C14H14F4O2/c15-12-6-5-11(7-13(12)16)20-14(17,18)10-3-1-9(8-19)2-4-10/h5-10H,1-4H2. The molecule has 0 unspecified atom stereocenters. The third kappa shape index (κ3) is 3.29. The molecule has 2 nitrogen and oxygen atoms in total. The van der Waals surface area contributed by atoms with Gasteiger partial charge in [-0.3, -0.25) is 0 Å². The highest BCUT2D eigenvalue weighted by Crippen LogP contribution is 2.39. The number of halogens is 4. The lowest BCUT2D eigenvalue weighted by Crippen LogP contribution is -2.37. The normalized spacial score (nSPS) is 23.4. The second-order valence-corrected chi connectivity index (χ2v) is 4.99. The lowest BCUT2D eigenvalue weighted by atomic mass is 9.82. The van der Waals surface area contributed by atoms with Crippen molar-refractivity contribution in [3.8, 4) is 5.75 Å². The molecule has 0 bridgehead atoms. The van der Waals surface area contributed by atoms with Gasteiger partial charge in [0.15, 0.2) is 11.6 Å². The Labute approximate surface area is 113 Å². The Bertz CT molecular complexity index is 482. The Morgan fingerprint density at radius 2 is 1.75 bits per heavy atom. The zero-order chi connectivity index (χ0) is 14.8. The summed E-state index contributed by atoms with van der Waals surface area (Å²) in [5.74, 6) is -3.96. The molecule has 0 saturated heterocycles. The zero-order valence-electron chi connectivity index (χ0n) is 10.6. The minimum Gasteiger partial charge on any atom is -0.432 e. The van der Waals surface area contributed by atoms with E-state index in [-0.39, 0.29) is 18.8 Å². The van der Waals surface area contributed by atoms with Crippen molar-refractivity contribution in [1.29, 1.82) is 0 Å². The van der Waals surface area contributed by atoms with Gasteiger partial charge in [0.1, 0.15) is 12.0 Å². The maximum atomic E-state index is 13.9. The summed E-state index contributed by atoms with van der Waals surface area (Å²) in [6.45, 7) is 0. The summed E-state index contributed by atoms with van der Waals surface area (Å²) >= 11 is 0. The fourth-order valence-electron chi connectivity index (χ4n) is 2.37. The van der Waals surface area contributed by atoms with E-state index in [9.17, 15) is 22.4 Å². The summed E-state index contributed by atoms with van der Waals surface area (Å²) < 4.78 is 58.1. The van der Waals surface area contributed by atoms with Gasteiger partial charge in [0.05, 0.1) is 5.92 Å². The first kappa shape index (κ1) is 14.8. The number of hydrogen-bond donors (Lipinski definition) is 0. The monoisotopic (exact) mass is 290 g/mol. The molecule has 0 heterocycles. The second-order valence-electron chi connectivity index (χ2n) is 4.99. The van der Waals surface area contributed by atoms with Crippen LogP contribution in [0.3, 0.4) is 0 Å². The second kappa shape index (κ2) is 5.81. The molecule has 0 atom stereocenters. The Morgan fingerprint density at radius 1 is 1.10 bits per heavy atom. The number of aldehydes is 1. The molecule has 1 aromatic carbocycles. The van der Waals surface area contributed by atoms with Gasteiger partial charge >= 0.3 is 6.11 Å². The lowest BCUT2D eigenvalue weighted by Gasteiger charge is -2.31. The van der Waals surface area contributed by atoms with Crippen LogP contribution in [0.2, 0.25) is 0 Å². The largest absolute Gasteiger partial charge is 0.432 e. The van der Waals surface area contributed by atoms with E-state index in [2.05, 4.69) is 4.74 Å². The average Bonchev–Trinajstić information content (AvgIpc) is 2.43. The van der Waals surface area contributed by atoms with E-state index in [1.807, 2.05) is 0 Å². The predicted molar refractivity (Wildman–Crippen MR) is 63.4 cm³/mol. The van der Waals surface area contributed by atoms with Crippen LogP contribution in [0.4, 0.5) is 17.6 Å². The van der Waals surface area contributed by atoms with Gasteiger partial charge in [-0.2, -0.15) is 8.78 Å². The predicted octanol–water partition coefficient (Wildman–Crippen LogP) is 3.94. The Kier molecular flexibility index (Phi) is 4.30. The molecule has 2 rings (SSSR count). The van der Waals surface area contributed by atoms with Crippen LogP contribution in [0.25, 0.3) is 0 Å². The number of benzene rings is 1. The summed E-state index contributed by atoms with van der Waals surface area (Å²) in [6.07, 6.45) is -1.56. The van der Waals surface area contributed by atoms with Gasteiger partial charge in [0.25, 0.3) is 0 Å². The van der Waals surface area contributed by atoms with Crippen LogP contribution < -0.4 is 4.74 Å². The number of hydrogen-bond acceptors (Lipinski definition) is 2. The van der Waals surface area contributed by atoms with Crippen molar-refractivity contribution in [3.05, 3.63) is 29.8 Å². The molecule has 1 saturated carbocycles. The van der Waals surface area contributed by atoms with E-state index in [4.69, 9.17) is 0 Å². The molecule has 0 aliphatic heterocycles. The van der Waals surface area contributed by atoms with E-state index < -0.39 is 29.4 Å². The van der Waals surface area contributed by atoms with Gasteiger partial charge in [-0.25, -0.2) is 8.78 Å². The maximum absolute atomic E-state index is 13.9. The number of carbonyl (C=O) groups excluding carboxylic acids is 1. The highest BCUT2D eigenvalue weighted by molar-refractivity contribution is 5.53. The van der Waals surface area contributed by atoms with Gasteiger partial charge in [-0.15, -0.1) is 0 Å².